The fraction of sp³-hybridized carbons (Fsp3) is 0.500. The van der Waals surface area contributed by atoms with Crippen molar-refractivity contribution >= 4 is 17.5 Å². The van der Waals surface area contributed by atoms with E-state index in [9.17, 15) is 9.90 Å². The van der Waals surface area contributed by atoms with E-state index in [1.54, 1.807) is 17.0 Å². The van der Waals surface area contributed by atoms with E-state index in [0.29, 0.717) is 18.0 Å². The summed E-state index contributed by atoms with van der Waals surface area (Å²) >= 11 is 5.94. The highest BCUT2D eigenvalue weighted by atomic mass is 35.5. The molecular formula is C14H16ClNO3. The van der Waals surface area contributed by atoms with Gasteiger partial charge in [-0.1, -0.05) is 11.6 Å². The van der Waals surface area contributed by atoms with Gasteiger partial charge in [0, 0.05) is 18.0 Å². The molecule has 1 fully saturated rings. The molecule has 0 aromatic heterocycles. The summed E-state index contributed by atoms with van der Waals surface area (Å²) in [6, 6.07) is 5.36. The summed E-state index contributed by atoms with van der Waals surface area (Å²) in [6.07, 6.45) is 1.90. The molecule has 1 amide bonds. The molecular weight excluding hydrogens is 266 g/mol. The van der Waals surface area contributed by atoms with Crippen LogP contribution in [0.3, 0.4) is 0 Å². The van der Waals surface area contributed by atoms with E-state index in [4.69, 9.17) is 16.3 Å². The highest BCUT2D eigenvalue weighted by Crippen LogP contribution is 2.32. The molecule has 4 nitrogen and oxygen atoms in total. The fourth-order valence-corrected chi connectivity index (χ4v) is 3.05. The summed E-state index contributed by atoms with van der Waals surface area (Å²) in [5.74, 6) is 0.714. The number of hydrogen-bond acceptors (Lipinski definition) is 3. The standard InChI is InChI=1S/C14H16ClNO3/c15-10-3-4-12-9(6-10)7-13(19-12)14(18)16-5-1-2-11(16)8-17/h3-4,6,11,13,17H,1-2,5,7-8H2/t11-,13?/m0/s1. The van der Waals surface area contributed by atoms with Crippen LogP contribution in [0, 0.1) is 0 Å². The van der Waals surface area contributed by atoms with Crippen LogP contribution in [0.25, 0.3) is 0 Å². The Labute approximate surface area is 116 Å². The highest BCUT2D eigenvalue weighted by Gasteiger charge is 2.37. The quantitative estimate of drug-likeness (QED) is 0.896. The maximum Gasteiger partial charge on any atom is 0.264 e. The fourth-order valence-electron chi connectivity index (χ4n) is 2.86. The van der Waals surface area contributed by atoms with Gasteiger partial charge in [0.2, 0.25) is 0 Å². The van der Waals surface area contributed by atoms with E-state index in [-0.39, 0.29) is 18.6 Å². The topological polar surface area (TPSA) is 49.8 Å². The van der Waals surface area contributed by atoms with Gasteiger partial charge in [0.05, 0.1) is 12.6 Å². The Morgan fingerprint density at radius 3 is 3.16 bits per heavy atom. The number of likely N-dealkylation sites (tertiary alicyclic amines) is 1. The predicted molar refractivity (Wildman–Crippen MR) is 71.4 cm³/mol. The van der Waals surface area contributed by atoms with Crippen molar-refractivity contribution in [3.63, 3.8) is 0 Å². The first-order valence-electron chi connectivity index (χ1n) is 6.55. The summed E-state index contributed by atoms with van der Waals surface area (Å²) in [4.78, 5) is 14.2. The molecule has 0 aliphatic carbocycles. The third-order valence-electron chi connectivity index (χ3n) is 3.84. The zero-order chi connectivity index (χ0) is 13.4. The smallest absolute Gasteiger partial charge is 0.264 e. The van der Waals surface area contributed by atoms with Gasteiger partial charge >= 0.3 is 0 Å². The van der Waals surface area contributed by atoms with Gasteiger partial charge in [0.1, 0.15) is 5.75 Å². The minimum absolute atomic E-state index is 0.0242. The molecule has 3 rings (SSSR count). The summed E-state index contributed by atoms with van der Waals surface area (Å²) in [7, 11) is 0. The third-order valence-corrected chi connectivity index (χ3v) is 4.08. The number of fused-ring (bicyclic) bond motifs is 1. The minimum atomic E-state index is -0.472. The normalized spacial score (nSPS) is 25.3. The second-order valence-electron chi connectivity index (χ2n) is 5.07. The molecule has 5 heteroatoms. The minimum Gasteiger partial charge on any atom is -0.480 e. The van der Waals surface area contributed by atoms with E-state index in [1.807, 2.05) is 6.07 Å². The van der Waals surface area contributed by atoms with Crippen molar-refractivity contribution < 1.29 is 14.6 Å². The Kier molecular flexibility index (Phi) is 3.37. The molecule has 0 saturated carbocycles. The van der Waals surface area contributed by atoms with Crippen LogP contribution in [0.2, 0.25) is 5.02 Å². The Hall–Kier alpha value is -1.26. The van der Waals surface area contributed by atoms with Crippen molar-refractivity contribution in [3.05, 3.63) is 28.8 Å². The van der Waals surface area contributed by atoms with E-state index in [2.05, 4.69) is 0 Å². The number of amides is 1. The number of halogens is 1. The van der Waals surface area contributed by atoms with Gasteiger partial charge in [0.15, 0.2) is 6.10 Å². The summed E-state index contributed by atoms with van der Waals surface area (Å²) in [6.45, 7) is 0.734. The summed E-state index contributed by atoms with van der Waals surface area (Å²) in [5, 5.41) is 9.94. The molecule has 0 radical (unpaired) electrons. The second-order valence-corrected chi connectivity index (χ2v) is 5.51. The van der Waals surface area contributed by atoms with Crippen molar-refractivity contribution in [2.75, 3.05) is 13.2 Å². The van der Waals surface area contributed by atoms with Crippen molar-refractivity contribution in [1.82, 2.24) is 4.90 Å². The van der Waals surface area contributed by atoms with Crippen LogP contribution < -0.4 is 4.74 Å². The lowest BCUT2D eigenvalue weighted by Gasteiger charge is -2.25. The lowest BCUT2D eigenvalue weighted by molar-refractivity contribution is -0.139. The molecule has 2 heterocycles. The zero-order valence-corrected chi connectivity index (χ0v) is 11.3. The first-order valence-corrected chi connectivity index (χ1v) is 6.93. The van der Waals surface area contributed by atoms with Crippen LogP contribution in [0.15, 0.2) is 18.2 Å². The number of benzene rings is 1. The van der Waals surface area contributed by atoms with E-state index in [1.165, 1.54) is 0 Å². The monoisotopic (exact) mass is 281 g/mol. The summed E-state index contributed by atoms with van der Waals surface area (Å²) in [5.41, 5.74) is 0.977. The van der Waals surface area contributed by atoms with Gasteiger partial charge in [-0.3, -0.25) is 4.79 Å². The molecule has 0 spiro atoms. The van der Waals surface area contributed by atoms with Gasteiger partial charge in [-0.25, -0.2) is 0 Å². The number of hydrogen-bond donors (Lipinski definition) is 1. The molecule has 102 valence electrons. The molecule has 0 bridgehead atoms. The maximum absolute atomic E-state index is 12.4. The molecule has 1 aromatic rings. The third kappa shape index (κ3) is 2.30. The molecule has 1 aromatic carbocycles. The van der Waals surface area contributed by atoms with Crippen LogP contribution in [0.5, 0.6) is 5.75 Å². The molecule has 2 atom stereocenters. The molecule has 2 aliphatic heterocycles. The Morgan fingerprint density at radius 2 is 2.37 bits per heavy atom. The van der Waals surface area contributed by atoms with E-state index < -0.39 is 6.10 Å². The molecule has 1 unspecified atom stereocenters. The lowest BCUT2D eigenvalue weighted by atomic mass is 10.1. The summed E-state index contributed by atoms with van der Waals surface area (Å²) < 4.78 is 5.70. The molecule has 1 saturated heterocycles. The zero-order valence-electron chi connectivity index (χ0n) is 10.5. The number of aliphatic hydroxyl groups is 1. The van der Waals surface area contributed by atoms with E-state index >= 15 is 0 Å². The van der Waals surface area contributed by atoms with Crippen LogP contribution in [-0.2, 0) is 11.2 Å². The maximum atomic E-state index is 12.4. The first kappa shape index (κ1) is 12.8. The Morgan fingerprint density at radius 1 is 1.53 bits per heavy atom. The second kappa shape index (κ2) is 5.02. The molecule has 2 aliphatic rings. The van der Waals surface area contributed by atoms with Gasteiger partial charge in [0.25, 0.3) is 5.91 Å². The van der Waals surface area contributed by atoms with Crippen LogP contribution >= 0.6 is 11.6 Å². The van der Waals surface area contributed by atoms with Crippen LogP contribution in [0.4, 0.5) is 0 Å². The van der Waals surface area contributed by atoms with Crippen molar-refractivity contribution in [2.24, 2.45) is 0 Å². The van der Waals surface area contributed by atoms with Crippen LogP contribution in [0.1, 0.15) is 18.4 Å². The van der Waals surface area contributed by atoms with Gasteiger partial charge in [-0.15, -0.1) is 0 Å². The first-order chi connectivity index (χ1) is 9.19. The average Bonchev–Trinajstić information content (AvgIpc) is 3.03. The number of rotatable bonds is 2. The average molecular weight is 282 g/mol. The van der Waals surface area contributed by atoms with E-state index in [0.717, 1.165) is 24.2 Å². The SMILES string of the molecule is O=C(C1Cc2cc(Cl)ccc2O1)N1CCC[C@H]1CO. The largest absolute Gasteiger partial charge is 0.480 e. The predicted octanol–water partition coefficient (Wildman–Crippen LogP) is 1.63. The number of aliphatic hydroxyl groups excluding tert-OH is 1. The molecule has 1 N–H and O–H groups in total. The number of carbonyl (C=O) groups excluding carboxylic acids is 1. The lowest BCUT2D eigenvalue weighted by Crippen LogP contribution is -2.45. The van der Waals surface area contributed by atoms with Gasteiger partial charge < -0.3 is 14.7 Å². The van der Waals surface area contributed by atoms with Crippen molar-refractivity contribution in [1.29, 1.82) is 0 Å². The van der Waals surface area contributed by atoms with Crippen molar-refractivity contribution in [3.8, 4) is 5.75 Å². The number of carbonyl (C=O) groups is 1. The number of nitrogens with zero attached hydrogens (tertiary/aromatic N) is 1. The molecule has 19 heavy (non-hydrogen) atoms. The highest BCUT2D eigenvalue weighted by molar-refractivity contribution is 6.30. The van der Waals surface area contributed by atoms with Gasteiger partial charge in [-0.05, 0) is 36.6 Å². The Balaban J connectivity index is 1.74. The van der Waals surface area contributed by atoms with Crippen molar-refractivity contribution in [2.45, 2.75) is 31.4 Å². The number of ether oxygens (including phenoxy) is 1. The van der Waals surface area contributed by atoms with Crippen LogP contribution in [-0.4, -0.2) is 41.2 Å². The Bertz CT molecular complexity index is 505. The van der Waals surface area contributed by atoms with Gasteiger partial charge in [-0.2, -0.15) is 0 Å².